The maximum Gasteiger partial charge on any atom is 0.144 e. The molecule has 4 aromatic rings. The first kappa shape index (κ1) is 19.8. The van der Waals surface area contributed by atoms with Crippen molar-refractivity contribution in [3.8, 4) is 5.75 Å². The van der Waals surface area contributed by atoms with Crippen LogP contribution in [-0.2, 0) is 13.0 Å². The van der Waals surface area contributed by atoms with Gasteiger partial charge in [0.15, 0.2) is 0 Å². The third-order valence-electron chi connectivity index (χ3n) is 5.72. The highest BCUT2D eigenvalue weighted by Gasteiger charge is 2.24. The molecule has 0 aliphatic carbocycles. The van der Waals surface area contributed by atoms with E-state index in [-0.39, 0.29) is 0 Å². The van der Waals surface area contributed by atoms with Crippen LogP contribution in [0.5, 0.6) is 5.75 Å². The summed E-state index contributed by atoms with van der Waals surface area (Å²) < 4.78 is 5.59. The summed E-state index contributed by atoms with van der Waals surface area (Å²) in [7, 11) is 1.66. The van der Waals surface area contributed by atoms with Crippen LogP contribution >= 0.6 is 11.3 Å². The van der Waals surface area contributed by atoms with Crippen LogP contribution in [0.15, 0.2) is 29.8 Å². The number of anilines is 2. The number of hydrogen-bond acceptors (Lipinski definition) is 9. The van der Waals surface area contributed by atoms with Crippen molar-refractivity contribution in [3.63, 3.8) is 0 Å². The van der Waals surface area contributed by atoms with E-state index >= 15 is 0 Å². The number of aromatic amines is 1. The van der Waals surface area contributed by atoms with Crippen molar-refractivity contribution in [2.75, 3.05) is 32.1 Å². The number of H-pyrrole nitrogens is 1. The van der Waals surface area contributed by atoms with E-state index in [0.29, 0.717) is 6.54 Å². The molecule has 0 spiro atoms. The lowest BCUT2D eigenvalue weighted by molar-refractivity contribution is 0.253. The largest absolute Gasteiger partial charge is 0.494 e. The number of aromatic nitrogens is 4. The lowest BCUT2D eigenvalue weighted by Gasteiger charge is -2.26. The minimum Gasteiger partial charge on any atom is -0.494 e. The summed E-state index contributed by atoms with van der Waals surface area (Å²) in [6.45, 7) is 3.64. The summed E-state index contributed by atoms with van der Waals surface area (Å²) in [6, 6.07) is 3.97. The molecule has 9 nitrogen and oxygen atoms in total. The van der Waals surface area contributed by atoms with Gasteiger partial charge in [0, 0.05) is 29.4 Å². The first-order valence-electron chi connectivity index (χ1n) is 10.4. The fourth-order valence-corrected chi connectivity index (χ4v) is 5.39. The van der Waals surface area contributed by atoms with Crippen molar-refractivity contribution in [1.82, 2.24) is 25.1 Å². The standard InChI is InChI=1S/C21H24N8OS/c1-30-17-9-15-13(10-26-28-15)8-16(17)27-20-19-14-4-7-29(6-3-2-5-25-22)11-18(14)31-21(19)24-12-23-20/h8-10,12,22H,2-7,11H2,1H3,(H,26,28)(H,23,24,27). The van der Waals surface area contributed by atoms with Crippen molar-refractivity contribution >= 4 is 44.0 Å². The molecule has 0 fully saturated rings. The van der Waals surface area contributed by atoms with Gasteiger partial charge in [-0.05, 0) is 37.4 Å². The van der Waals surface area contributed by atoms with Crippen molar-refractivity contribution in [1.29, 1.82) is 5.53 Å². The average molecular weight is 437 g/mol. The number of ether oxygens (including phenoxy) is 1. The average Bonchev–Trinajstić information content (AvgIpc) is 3.39. The molecule has 4 heterocycles. The van der Waals surface area contributed by atoms with Gasteiger partial charge in [-0.1, -0.05) is 0 Å². The maximum absolute atomic E-state index is 6.92. The SMILES string of the molecule is COc1cc2[nH]ncc2cc1Nc1ncnc2sc3c(c12)CCN(CCCCN=N)C3. The molecule has 0 unspecified atom stereocenters. The predicted molar refractivity (Wildman–Crippen MR) is 122 cm³/mol. The van der Waals surface area contributed by atoms with Gasteiger partial charge in [0.1, 0.15) is 22.7 Å². The summed E-state index contributed by atoms with van der Waals surface area (Å²) in [5.74, 6) is 1.55. The molecule has 0 atom stereocenters. The van der Waals surface area contributed by atoms with Crippen LogP contribution in [-0.4, -0.2) is 51.8 Å². The second kappa shape index (κ2) is 8.56. The van der Waals surface area contributed by atoms with Crippen LogP contribution < -0.4 is 10.1 Å². The first-order valence-corrected chi connectivity index (χ1v) is 11.2. The fraction of sp³-hybridized carbons (Fsp3) is 0.381. The Morgan fingerprint density at radius 3 is 3.13 bits per heavy atom. The summed E-state index contributed by atoms with van der Waals surface area (Å²) >= 11 is 1.76. The molecule has 10 heteroatoms. The molecule has 0 radical (unpaired) electrons. The second-order valence-electron chi connectivity index (χ2n) is 7.66. The highest BCUT2D eigenvalue weighted by molar-refractivity contribution is 7.19. The van der Waals surface area contributed by atoms with Gasteiger partial charge >= 0.3 is 0 Å². The number of thiophene rings is 1. The number of fused-ring (bicyclic) bond motifs is 4. The summed E-state index contributed by atoms with van der Waals surface area (Å²) in [4.78, 5) is 14.0. The van der Waals surface area contributed by atoms with Crippen LogP contribution in [0.4, 0.5) is 11.5 Å². The Labute approximate surface area is 183 Å². The minimum atomic E-state index is 0.626. The summed E-state index contributed by atoms with van der Waals surface area (Å²) in [5.41, 5.74) is 10.1. The van der Waals surface area contributed by atoms with Crippen LogP contribution in [0.25, 0.3) is 21.1 Å². The van der Waals surface area contributed by atoms with Gasteiger partial charge in [-0.15, -0.1) is 11.3 Å². The minimum absolute atomic E-state index is 0.626. The molecule has 160 valence electrons. The molecular weight excluding hydrogens is 412 g/mol. The molecule has 5 rings (SSSR count). The molecular formula is C21H24N8OS. The van der Waals surface area contributed by atoms with Crippen LogP contribution in [0, 0.1) is 5.53 Å². The van der Waals surface area contributed by atoms with Crippen molar-refractivity contribution in [2.45, 2.75) is 25.8 Å². The van der Waals surface area contributed by atoms with Gasteiger partial charge < -0.3 is 10.1 Å². The summed E-state index contributed by atoms with van der Waals surface area (Å²) in [5, 5.41) is 16.2. The molecule has 3 N–H and O–H groups in total. The van der Waals surface area contributed by atoms with E-state index < -0.39 is 0 Å². The highest BCUT2D eigenvalue weighted by Crippen LogP contribution is 2.39. The van der Waals surface area contributed by atoms with Gasteiger partial charge in [0.2, 0.25) is 0 Å². The molecule has 1 aliphatic rings. The van der Waals surface area contributed by atoms with Crippen LogP contribution in [0.1, 0.15) is 23.3 Å². The number of nitrogens with one attached hydrogen (secondary N) is 3. The maximum atomic E-state index is 6.92. The molecule has 0 bridgehead atoms. The Hall–Kier alpha value is -3.11. The lowest BCUT2D eigenvalue weighted by atomic mass is 10.0. The van der Waals surface area contributed by atoms with Crippen LogP contribution in [0.3, 0.4) is 0 Å². The molecule has 31 heavy (non-hydrogen) atoms. The number of hydrogen-bond donors (Lipinski definition) is 3. The smallest absolute Gasteiger partial charge is 0.144 e. The number of rotatable bonds is 8. The third kappa shape index (κ3) is 3.84. The zero-order valence-electron chi connectivity index (χ0n) is 17.3. The topological polar surface area (TPSA) is 115 Å². The number of benzene rings is 1. The van der Waals surface area contributed by atoms with E-state index in [9.17, 15) is 0 Å². The van der Waals surface area contributed by atoms with Gasteiger partial charge in [-0.3, -0.25) is 10.00 Å². The highest BCUT2D eigenvalue weighted by atomic mass is 32.1. The van der Waals surface area contributed by atoms with E-state index in [2.05, 4.69) is 35.5 Å². The third-order valence-corrected chi connectivity index (χ3v) is 6.85. The van der Waals surface area contributed by atoms with Crippen LogP contribution in [0.2, 0.25) is 0 Å². The molecule has 1 aliphatic heterocycles. The van der Waals surface area contributed by atoms with E-state index in [1.807, 2.05) is 12.1 Å². The van der Waals surface area contributed by atoms with Crippen molar-refractivity contribution < 1.29 is 4.74 Å². The quantitative estimate of drug-likeness (QED) is 0.277. The zero-order valence-corrected chi connectivity index (χ0v) is 18.1. The second-order valence-corrected chi connectivity index (χ2v) is 8.74. The van der Waals surface area contributed by atoms with Crippen molar-refractivity contribution in [3.05, 3.63) is 35.1 Å². The van der Waals surface area contributed by atoms with E-state index in [0.717, 1.165) is 77.3 Å². The molecule has 0 amide bonds. The predicted octanol–water partition coefficient (Wildman–Crippen LogP) is 4.49. The summed E-state index contributed by atoms with van der Waals surface area (Å²) in [6.07, 6.45) is 6.46. The Morgan fingerprint density at radius 2 is 2.26 bits per heavy atom. The van der Waals surface area contributed by atoms with Gasteiger partial charge in [0.05, 0.1) is 36.4 Å². The zero-order chi connectivity index (χ0) is 21.2. The van der Waals surface area contributed by atoms with E-state index in [1.54, 1.807) is 31.0 Å². The fourth-order valence-electron chi connectivity index (χ4n) is 4.16. The Balaban J connectivity index is 1.44. The number of methoxy groups -OCH3 is 1. The van der Waals surface area contributed by atoms with Gasteiger partial charge in [-0.2, -0.15) is 10.2 Å². The normalized spacial score (nSPS) is 14.1. The van der Waals surface area contributed by atoms with E-state index in [1.165, 1.54) is 10.4 Å². The molecule has 0 saturated heterocycles. The monoisotopic (exact) mass is 436 g/mol. The molecule has 3 aromatic heterocycles. The number of nitrogens with zero attached hydrogens (tertiary/aromatic N) is 5. The number of unbranched alkanes of at least 4 members (excludes halogenated alkanes) is 1. The van der Waals surface area contributed by atoms with Gasteiger partial charge in [-0.25, -0.2) is 15.5 Å². The molecule has 1 aromatic carbocycles. The Kier molecular flexibility index (Phi) is 5.47. The Morgan fingerprint density at radius 1 is 1.32 bits per heavy atom. The van der Waals surface area contributed by atoms with E-state index in [4.69, 9.17) is 10.3 Å². The Bertz CT molecular complexity index is 1230. The lowest BCUT2D eigenvalue weighted by Crippen LogP contribution is -2.30. The first-order chi connectivity index (χ1) is 15.3. The van der Waals surface area contributed by atoms with Gasteiger partial charge in [0.25, 0.3) is 0 Å². The molecule has 0 saturated carbocycles. The van der Waals surface area contributed by atoms with Crippen molar-refractivity contribution in [2.24, 2.45) is 5.11 Å².